The van der Waals surface area contributed by atoms with E-state index in [0.717, 1.165) is 43.8 Å². The second-order valence-electron chi connectivity index (χ2n) is 7.90. The fourth-order valence-electron chi connectivity index (χ4n) is 4.19. The third-order valence-electron chi connectivity index (χ3n) is 5.82. The molecule has 0 spiro atoms. The van der Waals surface area contributed by atoms with Crippen molar-refractivity contribution < 1.29 is 9.53 Å². The van der Waals surface area contributed by atoms with Crippen LogP contribution in [-0.4, -0.2) is 17.6 Å². The standard InChI is InChI=1S/C30H22BrNO2/c1-34-30(33)24-14-12-23(13-15-24)29-27(21-8-4-2-5-9-21)20-28(22-16-18-25(31)19-17-22)32(29)26-10-6-3-7-11-26/h2-20H,1H3. The van der Waals surface area contributed by atoms with Crippen LogP contribution in [0.3, 0.4) is 0 Å². The lowest BCUT2D eigenvalue weighted by Gasteiger charge is -2.16. The number of hydrogen-bond donors (Lipinski definition) is 0. The van der Waals surface area contributed by atoms with Crippen molar-refractivity contribution in [2.24, 2.45) is 0 Å². The van der Waals surface area contributed by atoms with E-state index in [1.54, 1.807) is 0 Å². The number of para-hydroxylation sites is 1. The molecule has 1 heterocycles. The average molecular weight is 508 g/mol. The number of aromatic nitrogens is 1. The van der Waals surface area contributed by atoms with E-state index in [2.05, 4.69) is 87.2 Å². The number of esters is 1. The van der Waals surface area contributed by atoms with Crippen molar-refractivity contribution >= 4 is 21.9 Å². The summed E-state index contributed by atoms with van der Waals surface area (Å²) in [6, 6.07) is 39.0. The first kappa shape index (κ1) is 21.9. The Morgan fingerprint density at radius 3 is 1.91 bits per heavy atom. The van der Waals surface area contributed by atoms with Gasteiger partial charge in [-0.05, 0) is 59.2 Å². The molecule has 166 valence electrons. The molecule has 0 aliphatic carbocycles. The fraction of sp³-hybridized carbons (Fsp3) is 0.0333. The van der Waals surface area contributed by atoms with E-state index in [0.29, 0.717) is 5.56 Å². The minimum absolute atomic E-state index is 0.344. The average Bonchev–Trinajstić information content (AvgIpc) is 3.30. The molecule has 0 saturated heterocycles. The molecule has 0 fully saturated rings. The monoisotopic (exact) mass is 507 g/mol. The van der Waals surface area contributed by atoms with Gasteiger partial charge in [-0.3, -0.25) is 0 Å². The topological polar surface area (TPSA) is 31.2 Å². The highest BCUT2D eigenvalue weighted by Crippen LogP contribution is 2.41. The first-order valence-corrected chi connectivity index (χ1v) is 11.8. The number of carbonyl (C=O) groups is 1. The van der Waals surface area contributed by atoms with E-state index in [1.165, 1.54) is 7.11 Å². The molecule has 5 rings (SSSR count). The molecule has 0 bridgehead atoms. The van der Waals surface area contributed by atoms with Gasteiger partial charge in [0.1, 0.15) is 0 Å². The van der Waals surface area contributed by atoms with Crippen molar-refractivity contribution in [1.82, 2.24) is 4.57 Å². The summed E-state index contributed by atoms with van der Waals surface area (Å²) < 4.78 is 8.22. The molecule has 0 N–H and O–H groups in total. The number of nitrogens with zero attached hydrogens (tertiary/aromatic N) is 1. The highest BCUT2D eigenvalue weighted by molar-refractivity contribution is 9.10. The normalized spacial score (nSPS) is 10.8. The van der Waals surface area contributed by atoms with Crippen molar-refractivity contribution in [1.29, 1.82) is 0 Å². The molecule has 0 amide bonds. The van der Waals surface area contributed by atoms with Gasteiger partial charge in [-0.2, -0.15) is 0 Å². The van der Waals surface area contributed by atoms with Gasteiger partial charge < -0.3 is 9.30 Å². The SMILES string of the molecule is COC(=O)c1ccc(-c2c(-c3ccccc3)cc(-c3ccc(Br)cc3)n2-c2ccccc2)cc1. The summed E-state index contributed by atoms with van der Waals surface area (Å²) in [5.74, 6) is -0.344. The van der Waals surface area contributed by atoms with Gasteiger partial charge in [0.15, 0.2) is 0 Å². The van der Waals surface area contributed by atoms with Gasteiger partial charge in [-0.25, -0.2) is 4.79 Å². The van der Waals surface area contributed by atoms with Crippen LogP contribution >= 0.6 is 15.9 Å². The number of ether oxygens (including phenoxy) is 1. The van der Waals surface area contributed by atoms with Crippen molar-refractivity contribution in [2.45, 2.75) is 0 Å². The largest absolute Gasteiger partial charge is 0.465 e. The van der Waals surface area contributed by atoms with E-state index >= 15 is 0 Å². The van der Waals surface area contributed by atoms with Crippen LogP contribution < -0.4 is 0 Å². The third-order valence-corrected chi connectivity index (χ3v) is 6.35. The quantitative estimate of drug-likeness (QED) is 0.225. The fourth-order valence-corrected chi connectivity index (χ4v) is 4.46. The van der Waals surface area contributed by atoms with Gasteiger partial charge in [0, 0.05) is 15.7 Å². The predicted molar refractivity (Wildman–Crippen MR) is 141 cm³/mol. The Labute approximate surface area is 207 Å². The summed E-state index contributed by atoms with van der Waals surface area (Å²) in [4.78, 5) is 12.0. The summed E-state index contributed by atoms with van der Waals surface area (Å²) in [6.07, 6.45) is 0. The maximum atomic E-state index is 12.0. The van der Waals surface area contributed by atoms with Gasteiger partial charge in [0.2, 0.25) is 0 Å². The first-order chi connectivity index (χ1) is 16.7. The van der Waals surface area contributed by atoms with Crippen LogP contribution in [0, 0.1) is 0 Å². The summed E-state index contributed by atoms with van der Waals surface area (Å²) in [7, 11) is 1.40. The van der Waals surface area contributed by atoms with E-state index in [4.69, 9.17) is 4.74 Å². The molecule has 1 aromatic heterocycles. The minimum atomic E-state index is -0.344. The molecule has 0 aliphatic rings. The highest BCUT2D eigenvalue weighted by atomic mass is 79.9. The van der Waals surface area contributed by atoms with E-state index in [-0.39, 0.29) is 5.97 Å². The Morgan fingerprint density at radius 1 is 0.706 bits per heavy atom. The number of carbonyl (C=O) groups excluding carboxylic acids is 1. The third kappa shape index (κ3) is 4.20. The van der Waals surface area contributed by atoms with Crippen LogP contribution in [0.4, 0.5) is 0 Å². The predicted octanol–water partition coefficient (Wildman–Crippen LogP) is 8.03. The zero-order valence-electron chi connectivity index (χ0n) is 18.6. The second-order valence-corrected chi connectivity index (χ2v) is 8.82. The maximum Gasteiger partial charge on any atom is 0.337 e. The van der Waals surface area contributed by atoms with Gasteiger partial charge in [-0.1, -0.05) is 88.7 Å². The minimum Gasteiger partial charge on any atom is -0.465 e. The van der Waals surface area contributed by atoms with Gasteiger partial charge in [0.25, 0.3) is 0 Å². The zero-order chi connectivity index (χ0) is 23.5. The number of halogens is 1. The molecule has 0 radical (unpaired) electrons. The molecule has 0 unspecified atom stereocenters. The second kappa shape index (κ2) is 9.54. The first-order valence-electron chi connectivity index (χ1n) is 11.0. The van der Waals surface area contributed by atoms with Crippen molar-refractivity contribution in [3.8, 4) is 39.3 Å². The van der Waals surface area contributed by atoms with Gasteiger partial charge in [0.05, 0.1) is 24.1 Å². The Hall–Kier alpha value is -3.89. The Balaban J connectivity index is 1.82. The van der Waals surface area contributed by atoms with E-state index < -0.39 is 0 Å². The molecule has 4 aromatic carbocycles. The van der Waals surface area contributed by atoms with Crippen LogP contribution in [0.25, 0.3) is 39.3 Å². The van der Waals surface area contributed by atoms with Gasteiger partial charge >= 0.3 is 5.97 Å². The van der Waals surface area contributed by atoms with Gasteiger partial charge in [-0.15, -0.1) is 0 Å². The molecule has 4 heteroatoms. The summed E-state index contributed by atoms with van der Waals surface area (Å²) in [5.41, 5.74) is 8.11. The number of benzene rings is 4. The summed E-state index contributed by atoms with van der Waals surface area (Å²) in [6.45, 7) is 0. The van der Waals surface area contributed by atoms with Crippen LogP contribution in [-0.2, 0) is 4.74 Å². The lowest BCUT2D eigenvalue weighted by atomic mass is 10.00. The molecule has 0 aliphatic heterocycles. The highest BCUT2D eigenvalue weighted by Gasteiger charge is 2.21. The van der Waals surface area contributed by atoms with Crippen LogP contribution in [0.15, 0.2) is 120 Å². The molecule has 34 heavy (non-hydrogen) atoms. The number of hydrogen-bond acceptors (Lipinski definition) is 2. The van der Waals surface area contributed by atoms with E-state index in [9.17, 15) is 4.79 Å². The molecular formula is C30H22BrNO2. The molecular weight excluding hydrogens is 486 g/mol. The molecule has 0 atom stereocenters. The molecule has 5 aromatic rings. The molecule has 3 nitrogen and oxygen atoms in total. The molecule has 0 saturated carbocycles. The van der Waals surface area contributed by atoms with Crippen LogP contribution in [0.1, 0.15) is 10.4 Å². The van der Waals surface area contributed by atoms with Crippen molar-refractivity contribution in [3.05, 3.63) is 125 Å². The van der Waals surface area contributed by atoms with E-state index in [1.807, 2.05) is 48.5 Å². The maximum absolute atomic E-state index is 12.0. The number of methoxy groups -OCH3 is 1. The van der Waals surface area contributed by atoms with Crippen molar-refractivity contribution in [3.63, 3.8) is 0 Å². The zero-order valence-corrected chi connectivity index (χ0v) is 20.2. The summed E-state index contributed by atoms with van der Waals surface area (Å²) in [5, 5.41) is 0. The smallest absolute Gasteiger partial charge is 0.337 e. The van der Waals surface area contributed by atoms with Crippen molar-refractivity contribution in [2.75, 3.05) is 7.11 Å². The summed E-state index contributed by atoms with van der Waals surface area (Å²) >= 11 is 3.55. The number of rotatable bonds is 5. The lowest BCUT2D eigenvalue weighted by molar-refractivity contribution is 0.0601. The Kier molecular flexibility index (Phi) is 6.15. The van der Waals surface area contributed by atoms with Crippen LogP contribution in [0.2, 0.25) is 0 Å². The Morgan fingerprint density at radius 2 is 1.29 bits per heavy atom. The lowest BCUT2D eigenvalue weighted by Crippen LogP contribution is -2.02. The van der Waals surface area contributed by atoms with Crippen LogP contribution in [0.5, 0.6) is 0 Å². The Bertz CT molecular complexity index is 1420.